The molecule has 2 N–H and O–H groups in total. The minimum atomic E-state index is -1.29. The van der Waals surface area contributed by atoms with Crippen LogP contribution in [0.3, 0.4) is 0 Å². The highest BCUT2D eigenvalue weighted by Gasteiger charge is 2.31. The van der Waals surface area contributed by atoms with Crippen LogP contribution in [-0.2, 0) is 0 Å². The Morgan fingerprint density at radius 3 is 2.18 bits per heavy atom. The van der Waals surface area contributed by atoms with Gasteiger partial charge in [-0.15, -0.1) is 0 Å². The van der Waals surface area contributed by atoms with Crippen molar-refractivity contribution in [3.05, 3.63) is 62.8 Å². The molecule has 0 saturated carbocycles. The van der Waals surface area contributed by atoms with Crippen LogP contribution in [0.25, 0.3) is 33.4 Å². The second-order valence-corrected chi connectivity index (χ2v) is 12.5. The number of fused-ring (bicyclic) bond motifs is 2. The number of hydrogen-bond donors (Lipinski definition) is 2. The van der Waals surface area contributed by atoms with Crippen molar-refractivity contribution in [2.45, 2.75) is 6.92 Å². The minimum absolute atomic E-state index is 0.00476. The molecular formula is C21H7Cl3I4O5. The number of carboxylic acids is 1. The summed E-state index contributed by atoms with van der Waals surface area (Å²) in [7, 11) is 0. The van der Waals surface area contributed by atoms with Crippen molar-refractivity contribution < 1.29 is 19.4 Å². The number of benzene rings is 3. The summed E-state index contributed by atoms with van der Waals surface area (Å²) in [5.41, 5.74) is 1.13. The number of halogens is 7. The molecule has 4 rings (SSSR count). The standard InChI is InChI=1S/C21H7Cl3I4O5/c1-4-12(22)11(21(31)32)10(14(24)13(4)23)9-5-2-7(25)17(29)15(27)19(5)33-20-6(9)3-8(26)18(30)16(20)28/h2-3,29H,1H3,(H,31,32). The molecule has 1 heterocycles. The van der Waals surface area contributed by atoms with E-state index in [2.05, 4.69) is 0 Å². The van der Waals surface area contributed by atoms with Gasteiger partial charge in [-0.3, -0.25) is 4.79 Å². The Bertz CT molecular complexity index is 1570. The molecule has 2 aromatic rings. The molecule has 0 atom stereocenters. The van der Waals surface area contributed by atoms with Crippen molar-refractivity contribution >= 4 is 142 Å². The molecule has 0 spiro atoms. The molecule has 1 aliphatic heterocycles. The highest BCUT2D eigenvalue weighted by Crippen LogP contribution is 2.51. The van der Waals surface area contributed by atoms with Gasteiger partial charge in [0.05, 0.1) is 31.3 Å². The number of aromatic carboxylic acids is 1. The van der Waals surface area contributed by atoms with E-state index in [4.69, 9.17) is 39.2 Å². The Morgan fingerprint density at radius 2 is 1.58 bits per heavy atom. The summed E-state index contributed by atoms with van der Waals surface area (Å²) in [5, 5.41) is 21.2. The number of aromatic hydroxyl groups is 1. The molecule has 2 aromatic carbocycles. The van der Waals surface area contributed by atoms with E-state index in [0.29, 0.717) is 36.4 Å². The third-order valence-corrected chi connectivity index (χ3v) is 10.1. The van der Waals surface area contributed by atoms with E-state index in [0.717, 1.165) is 0 Å². The molecule has 33 heavy (non-hydrogen) atoms. The third kappa shape index (κ3) is 4.14. The van der Waals surface area contributed by atoms with Crippen molar-refractivity contribution in [1.29, 1.82) is 0 Å². The summed E-state index contributed by atoms with van der Waals surface area (Å²) in [4.78, 5) is 25.1. The zero-order valence-corrected chi connectivity index (χ0v) is 26.8. The largest absolute Gasteiger partial charge is 0.506 e. The molecule has 5 nitrogen and oxygen atoms in total. The number of phenolic OH excluding ortho intramolecular Hbond substituents is 1. The molecule has 0 bridgehead atoms. The lowest BCUT2D eigenvalue weighted by Crippen LogP contribution is -2.13. The van der Waals surface area contributed by atoms with Crippen LogP contribution < -0.4 is 5.43 Å². The van der Waals surface area contributed by atoms with E-state index in [1.165, 1.54) is 0 Å². The number of rotatable bonds is 2. The van der Waals surface area contributed by atoms with Gasteiger partial charge in [0, 0.05) is 22.1 Å². The maximum absolute atomic E-state index is 12.7. The summed E-state index contributed by atoms with van der Waals surface area (Å²) in [6, 6.07) is 3.29. The van der Waals surface area contributed by atoms with Crippen molar-refractivity contribution in [3.63, 3.8) is 0 Å². The lowest BCUT2D eigenvalue weighted by molar-refractivity contribution is 0.0698. The Labute approximate surface area is 256 Å². The van der Waals surface area contributed by atoms with E-state index in [1.807, 2.05) is 90.4 Å². The first kappa shape index (κ1) is 26.3. The van der Waals surface area contributed by atoms with E-state index < -0.39 is 5.97 Å². The van der Waals surface area contributed by atoms with Crippen LogP contribution in [0.5, 0.6) is 5.75 Å². The first-order chi connectivity index (χ1) is 15.4. The highest BCUT2D eigenvalue weighted by molar-refractivity contribution is 14.1. The number of carbonyl (C=O) groups is 1. The number of phenols is 1. The Morgan fingerprint density at radius 1 is 0.939 bits per heavy atom. The van der Waals surface area contributed by atoms with Gasteiger partial charge in [-0.25, -0.2) is 4.79 Å². The van der Waals surface area contributed by atoms with Crippen LogP contribution in [0, 0.1) is 21.2 Å². The molecule has 0 fully saturated rings. The summed E-state index contributed by atoms with van der Waals surface area (Å²) < 4.78 is 7.77. The van der Waals surface area contributed by atoms with Gasteiger partial charge in [-0.2, -0.15) is 0 Å². The van der Waals surface area contributed by atoms with Crippen molar-refractivity contribution in [2.24, 2.45) is 0 Å². The summed E-state index contributed by atoms with van der Waals surface area (Å²) in [6.45, 7) is 1.59. The Kier molecular flexibility index (Phi) is 7.62. The van der Waals surface area contributed by atoms with Gasteiger partial charge in [0.1, 0.15) is 9.32 Å². The van der Waals surface area contributed by atoms with Crippen LogP contribution in [0.2, 0.25) is 15.1 Å². The SMILES string of the molecule is Cc1c(Cl)c(Cl)c(-c2c3cc(I)c(=O)c(I)c-3oc3c(I)c(O)c(I)cc23)c(C(=O)O)c1Cl. The van der Waals surface area contributed by atoms with E-state index in [9.17, 15) is 19.8 Å². The quantitative estimate of drug-likeness (QED) is 0.119. The van der Waals surface area contributed by atoms with Gasteiger partial charge < -0.3 is 14.6 Å². The number of hydrogen-bond acceptors (Lipinski definition) is 4. The maximum atomic E-state index is 12.7. The van der Waals surface area contributed by atoms with Crippen LogP contribution in [0.15, 0.2) is 21.3 Å². The van der Waals surface area contributed by atoms with Crippen LogP contribution in [0.4, 0.5) is 0 Å². The van der Waals surface area contributed by atoms with Crippen molar-refractivity contribution in [1.82, 2.24) is 0 Å². The lowest BCUT2D eigenvalue weighted by atomic mass is 9.89. The van der Waals surface area contributed by atoms with Crippen LogP contribution in [-0.4, -0.2) is 16.2 Å². The highest BCUT2D eigenvalue weighted by atomic mass is 127. The average Bonchev–Trinajstić information content (AvgIpc) is 2.76. The predicted molar refractivity (Wildman–Crippen MR) is 164 cm³/mol. The summed E-state index contributed by atoms with van der Waals surface area (Å²) in [6.07, 6.45) is 0. The first-order valence-electron chi connectivity index (χ1n) is 8.74. The molecule has 0 unspecified atom stereocenters. The van der Waals surface area contributed by atoms with Gasteiger partial charge in [0.15, 0.2) is 11.3 Å². The molecule has 170 valence electrons. The Balaban J connectivity index is 2.43. The second kappa shape index (κ2) is 9.57. The van der Waals surface area contributed by atoms with E-state index >= 15 is 0 Å². The smallest absolute Gasteiger partial charge is 0.337 e. The summed E-state index contributed by atoms with van der Waals surface area (Å²) >= 11 is 27.3. The fourth-order valence-corrected chi connectivity index (χ4v) is 7.89. The molecule has 0 amide bonds. The average molecular weight is 953 g/mol. The molecule has 0 radical (unpaired) electrons. The van der Waals surface area contributed by atoms with Gasteiger partial charge in [-0.05, 0) is 115 Å². The zero-order valence-electron chi connectivity index (χ0n) is 15.9. The van der Waals surface area contributed by atoms with E-state index in [-0.39, 0.29) is 48.7 Å². The fraction of sp³-hybridized carbons (Fsp3) is 0.0476. The van der Waals surface area contributed by atoms with Crippen LogP contribution >= 0.6 is 125 Å². The number of carboxylic acid groups (broad SMARTS) is 1. The second-order valence-electron chi connectivity index (χ2n) is 6.88. The van der Waals surface area contributed by atoms with Crippen LogP contribution in [0.1, 0.15) is 15.9 Å². The van der Waals surface area contributed by atoms with E-state index in [1.54, 1.807) is 19.1 Å². The van der Waals surface area contributed by atoms with Gasteiger partial charge in [0.2, 0.25) is 5.43 Å². The van der Waals surface area contributed by atoms with Gasteiger partial charge in [-0.1, -0.05) is 34.8 Å². The topological polar surface area (TPSA) is 87.7 Å². The fourth-order valence-electron chi connectivity index (χ4n) is 3.48. The predicted octanol–water partition coefficient (Wildman–Crippen LogP) is 8.66. The molecule has 2 aliphatic rings. The summed E-state index contributed by atoms with van der Waals surface area (Å²) in [5.74, 6) is -1.04. The molecule has 1 aliphatic carbocycles. The molecule has 0 aromatic heterocycles. The minimum Gasteiger partial charge on any atom is -0.506 e. The molecular weight excluding hydrogens is 946 g/mol. The maximum Gasteiger partial charge on any atom is 0.337 e. The third-order valence-electron chi connectivity index (χ3n) is 5.03. The van der Waals surface area contributed by atoms with Crippen molar-refractivity contribution in [3.8, 4) is 28.2 Å². The van der Waals surface area contributed by atoms with Gasteiger partial charge in [0.25, 0.3) is 0 Å². The monoisotopic (exact) mass is 952 g/mol. The lowest BCUT2D eigenvalue weighted by Gasteiger charge is -2.22. The Hall–Kier alpha value is 0.190. The zero-order chi connectivity index (χ0) is 24.5. The molecule has 12 heteroatoms. The normalized spacial score (nSPS) is 11.5. The van der Waals surface area contributed by atoms with Crippen molar-refractivity contribution in [2.75, 3.05) is 0 Å². The molecule has 0 saturated heterocycles. The van der Waals surface area contributed by atoms with Gasteiger partial charge >= 0.3 is 5.97 Å². The first-order valence-corrected chi connectivity index (χ1v) is 14.2.